The topological polar surface area (TPSA) is 46.2 Å². The first-order valence-electron chi connectivity index (χ1n) is 6.41. The number of carbonyl (C=O) groups is 2. The Bertz CT molecular complexity index is 690. The van der Waals surface area contributed by atoms with Crippen LogP contribution in [0.25, 0.3) is 6.08 Å². The lowest BCUT2D eigenvalue weighted by atomic mass is 10.1. The van der Waals surface area contributed by atoms with Gasteiger partial charge in [0.2, 0.25) is 5.91 Å². The predicted octanol–water partition coefficient (Wildman–Crippen LogP) is 4.19. The van der Waals surface area contributed by atoms with Gasteiger partial charge in [0, 0.05) is 22.3 Å². The van der Waals surface area contributed by atoms with E-state index in [0.717, 1.165) is 5.56 Å². The summed E-state index contributed by atoms with van der Waals surface area (Å²) in [7, 11) is 0. The first-order chi connectivity index (χ1) is 10.1. The Kier molecular flexibility index (Phi) is 4.90. The van der Waals surface area contributed by atoms with E-state index in [2.05, 4.69) is 5.32 Å². The Labute approximate surface area is 128 Å². The molecule has 0 unspecified atom stereocenters. The zero-order chi connectivity index (χ0) is 15.2. The molecule has 0 aromatic heterocycles. The first kappa shape index (κ1) is 15.0. The first-order valence-corrected chi connectivity index (χ1v) is 6.78. The van der Waals surface area contributed by atoms with E-state index in [0.29, 0.717) is 16.3 Å². The van der Waals surface area contributed by atoms with Gasteiger partial charge in [-0.3, -0.25) is 9.59 Å². The molecule has 2 aromatic carbocycles. The maximum atomic E-state index is 11.8. The van der Waals surface area contributed by atoms with Crippen molar-refractivity contribution in [1.82, 2.24) is 0 Å². The largest absolute Gasteiger partial charge is 0.323 e. The van der Waals surface area contributed by atoms with Gasteiger partial charge in [-0.2, -0.15) is 0 Å². The highest BCUT2D eigenvalue weighted by molar-refractivity contribution is 6.32. The maximum absolute atomic E-state index is 11.8. The van der Waals surface area contributed by atoms with Crippen LogP contribution in [0.1, 0.15) is 22.8 Å². The zero-order valence-electron chi connectivity index (χ0n) is 11.5. The summed E-state index contributed by atoms with van der Waals surface area (Å²) in [6, 6.07) is 14.0. The third kappa shape index (κ3) is 4.29. The third-order valence-corrected chi connectivity index (χ3v) is 3.22. The van der Waals surface area contributed by atoms with Crippen molar-refractivity contribution in [3.8, 4) is 0 Å². The van der Waals surface area contributed by atoms with Crippen LogP contribution in [0.4, 0.5) is 5.69 Å². The molecule has 21 heavy (non-hydrogen) atoms. The second-order valence-electron chi connectivity index (χ2n) is 4.48. The number of anilines is 1. The van der Waals surface area contributed by atoms with Gasteiger partial charge in [-0.05, 0) is 48.9 Å². The van der Waals surface area contributed by atoms with Gasteiger partial charge >= 0.3 is 0 Å². The summed E-state index contributed by atoms with van der Waals surface area (Å²) < 4.78 is 0. The molecule has 4 heteroatoms. The SMILES string of the molecule is CC(=O)c1ccc(NC(=O)/C=C/c2ccccc2Cl)cc1. The van der Waals surface area contributed by atoms with Crippen LogP contribution in [0, 0.1) is 0 Å². The number of ketones is 1. The Balaban J connectivity index is 2.02. The quantitative estimate of drug-likeness (QED) is 0.679. The molecule has 0 heterocycles. The van der Waals surface area contributed by atoms with E-state index in [1.54, 1.807) is 36.4 Å². The summed E-state index contributed by atoms with van der Waals surface area (Å²) in [6.45, 7) is 1.50. The van der Waals surface area contributed by atoms with Crippen molar-refractivity contribution in [3.63, 3.8) is 0 Å². The van der Waals surface area contributed by atoms with Crippen LogP contribution in [0.15, 0.2) is 54.6 Å². The fraction of sp³-hybridized carbons (Fsp3) is 0.0588. The number of benzene rings is 2. The highest BCUT2D eigenvalue weighted by Crippen LogP contribution is 2.16. The summed E-state index contributed by atoms with van der Waals surface area (Å²) in [5.41, 5.74) is 2.02. The Morgan fingerprint density at radius 2 is 1.71 bits per heavy atom. The molecule has 1 amide bonds. The molecule has 0 atom stereocenters. The molecule has 0 spiro atoms. The molecule has 106 valence electrons. The molecule has 0 aliphatic carbocycles. The van der Waals surface area contributed by atoms with Gasteiger partial charge in [0.1, 0.15) is 0 Å². The van der Waals surface area contributed by atoms with E-state index in [9.17, 15) is 9.59 Å². The molecule has 1 N–H and O–H groups in total. The molecule has 2 rings (SSSR count). The second kappa shape index (κ2) is 6.86. The van der Waals surface area contributed by atoms with Gasteiger partial charge < -0.3 is 5.32 Å². The lowest BCUT2D eigenvalue weighted by Gasteiger charge is -2.03. The average molecular weight is 300 g/mol. The monoisotopic (exact) mass is 299 g/mol. The number of carbonyl (C=O) groups excluding carboxylic acids is 2. The van der Waals surface area contributed by atoms with Crippen molar-refractivity contribution in [3.05, 3.63) is 70.8 Å². The van der Waals surface area contributed by atoms with Crippen LogP contribution < -0.4 is 5.32 Å². The molecule has 0 saturated carbocycles. The van der Waals surface area contributed by atoms with Crippen LogP contribution in [0.3, 0.4) is 0 Å². The summed E-state index contributed by atoms with van der Waals surface area (Å²) in [5, 5.41) is 3.31. The molecule has 0 saturated heterocycles. The van der Waals surface area contributed by atoms with E-state index >= 15 is 0 Å². The van der Waals surface area contributed by atoms with Gasteiger partial charge in [0.25, 0.3) is 0 Å². The fourth-order valence-corrected chi connectivity index (χ4v) is 1.95. The van der Waals surface area contributed by atoms with Crippen molar-refractivity contribution in [2.24, 2.45) is 0 Å². The predicted molar refractivity (Wildman–Crippen MR) is 85.6 cm³/mol. The zero-order valence-corrected chi connectivity index (χ0v) is 12.2. The third-order valence-electron chi connectivity index (χ3n) is 2.88. The highest BCUT2D eigenvalue weighted by Gasteiger charge is 2.01. The average Bonchev–Trinajstić information content (AvgIpc) is 2.47. The van der Waals surface area contributed by atoms with Crippen LogP contribution >= 0.6 is 11.6 Å². The molecule has 2 aromatic rings. The number of nitrogens with one attached hydrogen (secondary N) is 1. The Morgan fingerprint density at radius 1 is 1.05 bits per heavy atom. The van der Waals surface area contributed by atoms with Crippen molar-refractivity contribution in [2.45, 2.75) is 6.92 Å². The lowest BCUT2D eigenvalue weighted by Crippen LogP contribution is -2.07. The number of hydrogen-bond acceptors (Lipinski definition) is 2. The normalized spacial score (nSPS) is 10.6. The van der Waals surface area contributed by atoms with E-state index in [-0.39, 0.29) is 11.7 Å². The van der Waals surface area contributed by atoms with Crippen molar-refractivity contribution >= 4 is 35.1 Å². The second-order valence-corrected chi connectivity index (χ2v) is 4.88. The number of rotatable bonds is 4. The van der Waals surface area contributed by atoms with Crippen LogP contribution in [-0.2, 0) is 4.79 Å². The van der Waals surface area contributed by atoms with E-state index in [1.165, 1.54) is 13.0 Å². The van der Waals surface area contributed by atoms with E-state index in [4.69, 9.17) is 11.6 Å². The Morgan fingerprint density at radius 3 is 2.33 bits per heavy atom. The van der Waals surface area contributed by atoms with E-state index < -0.39 is 0 Å². The number of halogens is 1. The molecule has 3 nitrogen and oxygen atoms in total. The number of hydrogen-bond donors (Lipinski definition) is 1. The fourth-order valence-electron chi connectivity index (χ4n) is 1.75. The van der Waals surface area contributed by atoms with Crippen molar-refractivity contribution in [2.75, 3.05) is 5.32 Å². The van der Waals surface area contributed by atoms with Crippen LogP contribution in [0.5, 0.6) is 0 Å². The lowest BCUT2D eigenvalue weighted by molar-refractivity contribution is -0.111. The summed E-state index contributed by atoms with van der Waals surface area (Å²) in [5.74, 6) is -0.267. The summed E-state index contributed by atoms with van der Waals surface area (Å²) in [4.78, 5) is 23.0. The minimum absolute atomic E-state index is 0.00788. The van der Waals surface area contributed by atoms with Crippen molar-refractivity contribution in [1.29, 1.82) is 0 Å². The summed E-state index contributed by atoms with van der Waals surface area (Å²) >= 11 is 6.00. The molecule has 0 aliphatic rings. The minimum Gasteiger partial charge on any atom is -0.323 e. The molecular weight excluding hydrogens is 286 g/mol. The molecular formula is C17H14ClNO2. The minimum atomic E-state index is -0.259. The van der Waals surface area contributed by atoms with Crippen LogP contribution in [0.2, 0.25) is 5.02 Å². The van der Waals surface area contributed by atoms with Gasteiger partial charge in [-0.25, -0.2) is 0 Å². The molecule has 0 aliphatic heterocycles. The number of Topliss-reactive ketones (excluding diaryl/α,β-unsaturated/α-hetero) is 1. The van der Waals surface area contributed by atoms with Gasteiger partial charge in [-0.1, -0.05) is 29.8 Å². The maximum Gasteiger partial charge on any atom is 0.248 e. The standard InChI is InChI=1S/C17H14ClNO2/c1-12(20)13-6-9-15(10-7-13)19-17(21)11-8-14-4-2-3-5-16(14)18/h2-11H,1H3,(H,19,21)/b11-8+. The van der Waals surface area contributed by atoms with Gasteiger partial charge in [0.05, 0.1) is 0 Å². The van der Waals surface area contributed by atoms with Crippen molar-refractivity contribution < 1.29 is 9.59 Å². The van der Waals surface area contributed by atoms with Gasteiger partial charge in [-0.15, -0.1) is 0 Å². The summed E-state index contributed by atoms with van der Waals surface area (Å²) in [6.07, 6.45) is 3.07. The molecule has 0 bridgehead atoms. The Hall–Kier alpha value is -2.39. The van der Waals surface area contributed by atoms with E-state index in [1.807, 2.05) is 18.2 Å². The number of amides is 1. The van der Waals surface area contributed by atoms with Crippen LogP contribution in [-0.4, -0.2) is 11.7 Å². The molecule has 0 fully saturated rings. The highest BCUT2D eigenvalue weighted by atomic mass is 35.5. The smallest absolute Gasteiger partial charge is 0.248 e. The van der Waals surface area contributed by atoms with Gasteiger partial charge in [0.15, 0.2) is 5.78 Å². The molecule has 0 radical (unpaired) electrons.